The van der Waals surface area contributed by atoms with Crippen LogP contribution in [0, 0.1) is 11.3 Å². The highest BCUT2D eigenvalue weighted by Gasteiger charge is 2.22. The van der Waals surface area contributed by atoms with Gasteiger partial charge in [0.2, 0.25) is 0 Å². The third-order valence-electron chi connectivity index (χ3n) is 3.60. The highest BCUT2D eigenvalue weighted by Crippen LogP contribution is 2.24. The van der Waals surface area contributed by atoms with Crippen molar-refractivity contribution in [3.63, 3.8) is 0 Å². The maximum Gasteiger partial charge on any atom is 0.00405 e. The summed E-state index contributed by atoms with van der Waals surface area (Å²) in [5.74, 6) is 1.97. The van der Waals surface area contributed by atoms with Crippen LogP contribution in [0.25, 0.3) is 0 Å². The monoisotopic (exact) mass is 229 g/mol. The van der Waals surface area contributed by atoms with E-state index in [1.54, 1.807) is 0 Å². The Hall–Kier alpha value is 0.310. The summed E-state index contributed by atoms with van der Waals surface area (Å²) >= 11 is 4.44. The van der Waals surface area contributed by atoms with E-state index in [2.05, 4.69) is 38.3 Å². The zero-order valence-corrected chi connectivity index (χ0v) is 11.5. The van der Waals surface area contributed by atoms with Crippen LogP contribution in [0.3, 0.4) is 0 Å². The van der Waals surface area contributed by atoms with Gasteiger partial charge in [0.15, 0.2) is 0 Å². The molecule has 0 N–H and O–H groups in total. The predicted octanol–water partition coefficient (Wildman–Crippen LogP) is 3.45. The molecule has 1 fully saturated rings. The van der Waals surface area contributed by atoms with E-state index >= 15 is 0 Å². The molecule has 0 aromatic carbocycles. The van der Waals surface area contributed by atoms with Crippen molar-refractivity contribution < 1.29 is 0 Å². The second-order valence-corrected chi connectivity index (χ2v) is 6.12. The predicted molar refractivity (Wildman–Crippen MR) is 71.7 cm³/mol. The van der Waals surface area contributed by atoms with Gasteiger partial charge in [-0.2, -0.15) is 12.6 Å². The molecular formula is C13H27NS. The molecule has 90 valence electrons. The lowest BCUT2D eigenvalue weighted by Gasteiger charge is -2.30. The third kappa shape index (κ3) is 4.78. The van der Waals surface area contributed by atoms with Crippen LogP contribution in [-0.2, 0) is 0 Å². The molecule has 0 bridgehead atoms. The lowest BCUT2D eigenvalue weighted by Crippen LogP contribution is -2.36. The number of thiol groups is 1. The molecule has 0 aromatic rings. The lowest BCUT2D eigenvalue weighted by atomic mass is 9.95. The molecule has 0 amide bonds. The minimum atomic E-state index is 0.370. The molecule has 1 unspecified atom stereocenters. The van der Waals surface area contributed by atoms with Crippen molar-refractivity contribution in [1.82, 2.24) is 4.90 Å². The molecule has 2 heteroatoms. The number of hydrogen-bond donors (Lipinski definition) is 1. The topological polar surface area (TPSA) is 3.24 Å². The van der Waals surface area contributed by atoms with Crippen LogP contribution in [-0.4, -0.2) is 30.3 Å². The van der Waals surface area contributed by atoms with Crippen LogP contribution in [0.4, 0.5) is 0 Å². The number of rotatable bonds is 4. The van der Waals surface area contributed by atoms with Gasteiger partial charge in [0.25, 0.3) is 0 Å². The van der Waals surface area contributed by atoms with Gasteiger partial charge in [0.1, 0.15) is 0 Å². The van der Waals surface area contributed by atoms with Gasteiger partial charge in [0.05, 0.1) is 0 Å². The summed E-state index contributed by atoms with van der Waals surface area (Å²) < 4.78 is 0. The van der Waals surface area contributed by atoms with Gasteiger partial charge < -0.3 is 4.90 Å². The Balaban J connectivity index is 2.37. The Kier molecular flexibility index (Phi) is 5.48. The quantitative estimate of drug-likeness (QED) is 0.723. The molecular weight excluding hydrogens is 202 g/mol. The van der Waals surface area contributed by atoms with Gasteiger partial charge in [-0.15, -0.1) is 0 Å². The molecule has 0 aliphatic carbocycles. The van der Waals surface area contributed by atoms with E-state index in [0.29, 0.717) is 5.41 Å². The molecule has 1 saturated heterocycles. The fourth-order valence-corrected chi connectivity index (χ4v) is 2.55. The second-order valence-electron chi connectivity index (χ2n) is 5.80. The minimum absolute atomic E-state index is 0.370. The second kappa shape index (κ2) is 6.15. The van der Waals surface area contributed by atoms with Gasteiger partial charge in [-0.05, 0) is 49.4 Å². The third-order valence-corrected chi connectivity index (χ3v) is 4.45. The van der Waals surface area contributed by atoms with E-state index < -0.39 is 0 Å². The van der Waals surface area contributed by atoms with Crippen molar-refractivity contribution in [2.75, 3.05) is 25.4 Å². The molecule has 1 rings (SSSR count). The fourth-order valence-electron chi connectivity index (χ4n) is 2.45. The fraction of sp³-hybridized carbons (Fsp3) is 1.00. The molecule has 15 heavy (non-hydrogen) atoms. The maximum absolute atomic E-state index is 4.44. The largest absolute Gasteiger partial charge is 0.303 e. The summed E-state index contributed by atoms with van der Waals surface area (Å²) in [7, 11) is 0. The molecule has 1 atom stereocenters. The van der Waals surface area contributed by atoms with Crippen molar-refractivity contribution >= 4 is 12.6 Å². The van der Waals surface area contributed by atoms with Crippen molar-refractivity contribution in [3.8, 4) is 0 Å². The first-order valence-electron chi connectivity index (χ1n) is 6.40. The Labute approximate surface area is 101 Å². The summed E-state index contributed by atoms with van der Waals surface area (Å²) in [5, 5.41) is 0. The van der Waals surface area contributed by atoms with Crippen molar-refractivity contribution in [2.45, 2.75) is 46.5 Å². The van der Waals surface area contributed by atoms with Gasteiger partial charge in [-0.1, -0.05) is 27.2 Å². The van der Waals surface area contributed by atoms with Crippen molar-refractivity contribution in [2.24, 2.45) is 11.3 Å². The van der Waals surface area contributed by atoms with Crippen LogP contribution in [0.15, 0.2) is 0 Å². The average Bonchev–Trinajstić information content (AvgIpc) is 2.43. The molecule has 0 saturated carbocycles. The minimum Gasteiger partial charge on any atom is -0.303 e. The van der Waals surface area contributed by atoms with Crippen LogP contribution in [0.5, 0.6) is 0 Å². The first kappa shape index (κ1) is 13.4. The Bertz CT molecular complexity index is 179. The van der Waals surface area contributed by atoms with Crippen LogP contribution >= 0.6 is 12.6 Å². The molecule has 1 aliphatic rings. The lowest BCUT2D eigenvalue weighted by molar-refractivity contribution is 0.198. The summed E-state index contributed by atoms with van der Waals surface area (Å²) in [6, 6.07) is 0. The normalized spacial score (nSPS) is 25.2. The first-order chi connectivity index (χ1) is 7.07. The van der Waals surface area contributed by atoms with E-state index in [1.165, 1.54) is 45.3 Å². The van der Waals surface area contributed by atoms with E-state index in [9.17, 15) is 0 Å². The summed E-state index contributed by atoms with van der Waals surface area (Å²) in [6.07, 6.45) is 5.60. The maximum atomic E-state index is 4.44. The van der Waals surface area contributed by atoms with Gasteiger partial charge in [-0.25, -0.2) is 0 Å². The summed E-state index contributed by atoms with van der Waals surface area (Å²) in [5.41, 5.74) is 0.370. The molecule has 1 heterocycles. The highest BCUT2D eigenvalue weighted by atomic mass is 32.1. The van der Waals surface area contributed by atoms with Gasteiger partial charge in [-0.3, -0.25) is 0 Å². The molecule has 1 nitrogen and oxygen atoms in total. The summed E-state index contributed by atoms with van der Waals surface area (Å²) in [6.45, 7) is 10.8. The van der Waals surface area contributed by atoms with E-state index in [1.807, 2.05) is 0 Å². The Morgan fingerprint density at radius 3 is 2.60 bits per heavy atom. The molecule has 0 radical (unpaired) electrons. The zero-order valence-electron chi connectivity index (χ0n) is 10.6. The van der Waals surface area contributed by atoms with Gasteiger partial charge in [0, 0.05) is 6.54 Å². The standard InChI is InChI=1S/C13H27NS/c1-4-12-6-5-8-14(9-7-12)10-13(2,3)11-15/h12,15H,4-11H2,1-3H3. The van der Waals surface area contributed by atoms with E-state index in [4.69, 9.17) is 0 Å². The number of nitrogens with zero attached hydrogens (tertiary/aromatic N) is 1. The first-order valence-corrected chi connectivity index (χ1v) is 7.04. The van der Waals surface area contributed by atoms with Crippen molar-refractivity contribution in [3.05, 3.63) is 0 Å². The molecule has 0 spiro atoms. The smallest absolute Gasteiger partial charge is 0.00405 e. The Morgan fingerprint density at radius 2 is 2.00 bits per heavy atom. The summed E-state index contributed by atoms with van der Waals surface area (Å²) in [4.78, 5) is 2.64. The van der Waals surface area contributed by atoms with Gasteiger partial charge >= 0.3 is 0 Å². The van der Waals surface area contributed by atoms with E-state index in [-0.39, 0.29) is 0 Å². The van der Waals surface area contributed by atoms with Crippen molar-refractivity contribution in [1.29, 1.82) is 0 Å². The average molecular weight is 229 g/mol. The van der Waals surface area contributed by atoms with Crippen LogP contribution in [0.2, 0.25) is 0 Å². The number of hydrogen-bond acceptors (Lipinski definition) is 2. The Morgan fingerprint density at radius 1 is 1.27 bits per heavy atom. The highest BCUT2D eigenvalue weighted by molar-refractivity contribution is 7.80. The zero-order chi connectivity index (χ0) is 11.3. The molecule has 0 aromatic heterocycles. The van der Waals surface area contributed by atoms with Crippen LogP contribution < -0.4 is 0 Å². The SMILES string of the molecule is CCC1CCCN(CC(C)(C)CS)CC1. The van der Waals surface area contributed by atoms with Crippen LogP contribution in [0.1, 0.15) is 46.5 Å². The molecule has 1 aliphatic heterocycles. The van der Waals surface area contributed by atoms with E-state index in [0.717, 1.165) is 11.7 Å². The number of likely N-dealkylation sites (tertiary alicyclic amines) is 1.